The molecule has 10 rings (SSSR count). The van der Waals surface area contributed by atoms with E-state index in [1.807, 2.05) is 69.8 Å². The molecule has 4 fully saturated rings. The quantitative estimate of drug-likeness (QED) is 0.0237. The van der Waals surface area contributed by atoms with E-state index < -0.39 is 0 Å². The second kappa shape index (κ2) is 45.1. The zero-order chi connectivity index (χ0) is 76.7. The molecule has 4 saturated heterocycles. The number of pyridine rings is 2. The Kier molecular flexibility index (Phi) is 36.0. The lowest BCUT2D eigenvalue weighted by Gasteiger charge is -2.31. The number of rotatable bonds is 44. The predicted octanol–water partition coefficient (Wildman–Crippen LogP) is 9.75. The van der Waals surface area contributed by atoms with Gasteiger partial charge in [-0.05, 0) is 79.0 Å². The van der Waals surface area contributed by atoms with Crippen molar-refractivity contribution in [2.45, 2.75) is 102 Å². The molecular weight excluding hydrogens is 1460 g/mol. The van der Waals surface area contributed by atoms with Crippen molar-refractivity contribution in [3.05, 3.63) is 106 Å². The molecule has 4 aromatic rings. The lowest BCUT2D eigenvalue weighted by atomic mass is 10.1. The normalized spacial score (nSPS) is 18.3. The molecule has 108 heavy (non-hydrogen) atoms. The monoisotopic (exact) mass is 1570 g/mol. The van der Waals surface area contributed by atoms with Crippen LogP contribution in [0.2, 0.25) is 0 Å². The Morgan fingerprint density at radius 3 is 1.27 bits per heavy atom. The van der Waals surface area contributed by atoms with Gasteiger partial charge in [-0.15, -0.1) is 0 Å². The summed E-state index contributed by atoms with van der Waals surface area (Å²) in [5.41, 5.74) is 6.49. The van der Waals surface area contributed by atoms with Gasteiger partial charge in [-0.1, -0.05) is 66.5 Å². The van der Waals surface area contributed by atoms with E-state index in [1.54, 1.807) is 72.2 Å². The van der Waals surface area contributed by atoms with Gasteiger partial charge in [0.15, 0.2) is 23.0 Å². The van der Waals surface area contributed by atoms with Crippen LogP contribution in [0.1, 0.15) is 97.9 Å². The first-order valence-corrected chi connectivity index (χ1v) is 42.5. The standard InChI is InChI=1S/C54H71N7O10S2.C24H43N3O6S2/c1-8-37-22-41-30-55-46-28-50(48(64-5)26-44(46)52(62)60(41)32-37)70-34-39-24-43(69-19-14-59(36-54(3,4)73-72-7)13-18-68-21-20-67-17-12-58-10-15-66-16-11-58)25-40(57-39)35-71-51-29-47-45(27-49(51)65-6)53(63)61-33-38(9-2)23-42(61)31-56-47;1-24(2,35-34-3)20-27(8-13-33-23-16-21(18-28)25-22(17-23)19-29)7-12-32-15-14-31-11-6-26-4-9-30-10-5-26/h8-9,24-31,41-42H,10-23,32-36H2,1-7H3;16-17,28-29H,4-15,18-20H2,1-3H3/b37-8+,38-9+;/t41-,42-;/m0./s1. The second-order valence-corrected chi connectivity index (χ2v) is 34.2. The average Bonchev–Trinajstić information content (AvgIpc) is 1.63. The van der Waals surface area contributed by atoms with Crippen LogP contribution in [0.5, 0.6) is 34.5 Å². The number of aromatic nitrogens is 2. The summed E-state index contributed by atoms with van der Waals surface area (Å²) in [6.07, 6.45) is 13.5. The predicted molar refractivity (Wildman–Crippen MR) is 430 cm³/mol. The molecule has 0 radical (unpaired) electrons. The maximum absolute atomic E-state index is 13.8. The second-order valence-electron chi connectivity index (χ2n) is 28.0. The highest BCUT2D eigenvalue weighted by atomic mass is 33.1. The molecule has 0 unspecified atom stereocenters. The molecule has 2 aromatic heterocycles. The Morgan fingerprint density at radius 2 is 0.889 bits per heavy atom. The van der Waals surface area contributed by atoms with Crippen LogP contribution in [0.4, 0.5) is 11.4 Å². The summed E-state index contributed by atoms with van der Waals surface area (Å²) >= 11 is 0. The summed E-state index contributed by atoms with van der Waals surface area (Å²) in [5.74, 6) is 2.66. The van der Waals surface area contributed by atoms with Gasteiger partial charge in [0.1, 0.15) is 37.9 Å². The molecule has 8 heterocycles. The number of benzene rings is 2. The number of amides is 2. The van der Waals surface area contributed by atoms with Crippen molar-refractivity contribution in [3.63, 3.8) is 0 Å². The smallest absolute Gasteiger partial charge is 0.257 e. The molecule has 6 aliphatic rings. The molecule has 2 aromatic carbocycles. The van der Waals surface area contributed by atoms with Gasteiger partial charge in [-0.25, -0.2) is 0 Å². The lowest BCUT2D eigenvalue weighted by Crippen LogP contribution is -2.40. The van der Waals surface area contributed by atoms with Crippen molar-refractivity contribution in [1.29, 1.82) is 0 Å². The summed E-state index contributed by atoms with van der Waals surface area (Å²) < 4.78 is 71.3. The fourth-order valence-electron chi connectivity index (χ4n) is 13.3. The van der Waals surface area contributed by atoms with Crippen LogP contribution >= 0.6 is 43.2 Å². The van der Waals surface area contributed by atoms with Crippen molar-refractivity contribution in [2.75, 3.05) is 211 Å². The number of hydrogen-bond acceptors (Lipinski definition) is 28. The number of morpholine rings is 2. The zero-order valence-corrected chi connectivity index (χ0v) is 68.1. The van der Waals surface area contributed by atoms with Crippen LogP contribution in [0.15, 0.2) is 81.8 Å². The third-order valence-corrected chi connectivity index (χ3v) is 24.0. The van der Waals surface area contributed by atoms with Gasteiger partial charge in [0.05, 0.1) is 164 Å². The van der Waals surface area contributed by atoms with E-state index in [-0.39, 0.29) is 59.8 Å². The summed E-state index contributed by atoms with van der Waals surface area (Å²) in [6.45, 7) is 33.1. The van der Waals surface area contributed by atoms with E-state index in [2.05, 4.69) is 76.9 Å². The summed E-state index contributed by atoms with van der Waals surface area (Å²) in [6, 6.07) is 13.8. The molecule has 2 atom stereocenters. The largest absolute Gasteiger partial charge is 0.493 e. The first-order chi connectivity index (χ1) is 52.4. The molecule has 6 aliphatic heterocycles. The van der Waals surface area contributed by atoms with E-state index in [9.17, 15) is 19.8 Å². The van der Waals surface area contributed by atoms with Crippen LogP contribution in [0.3, 0.4) is 0 Å². The maximum atomic E-state index is 13.8. The Morgan fingerprint density at radius 1 is 0.509 bits per heavy atom. The Labute approximate surface area is 654 Å². The maximum Gasteiger partial charge on any atom is 0.257 e. The minimum absolute atomic E-state index is 0.0162. The van der Waals surface area contributed by atoms with Gasteiger partial charge >= 0.3 is 0 Å². The summed E-state index contributed by atoms with van der Waals surface area (Å²) in [7, 11) is 10.4. The molecule has 0 aliphatic carbocycles. The minimum atomic E-state index is -0.190. The number of hydrogen-bond donors (Lipinski definition) is 2. The first-order valence-electron chi connectivity index (χ1n) is 37.4. The van der Waals surface area contributed by atoms with Crippen LogP contribution < -0.4 is 28.4 Å². The Balaban J connectivity index is 0.000000322. The highest BCUT2D eigenvalue weighted by Crippen LogP contribution is 2.42. The van der Waals surface area contributed by atoms with Crippen LogP contribution in [0.25, 0.3) is 0 Å². The van der Waals surface area contributed by atoms with E-state index in [4.69, 9.17) is 71.8 Å². The van der Waals surface area contributed by atoms with Crippen molar-refractivity contribution >= 4 is 78.8 Å². The number of methoxy groups -OCH3 is 2. The fraction of sp³-hybridized carbons (Fsp3) is 0.615. The number of nitrogens with zero attached hydrogens (tertiary/aromatic N) is 10. The number of aliphatic hydroxyl groups excluding tert-OH is 2. The Bertz CT molecular complexity index is 3440. The van der Waals surface area contributed by atoms with Crippen molar-refractivity contribution in [3.8, 4) is 34.5 Å². The van der Waals surface area contributed by atoms with E-state index >= 15 is 0 Å². The third-order valence-electron chi connectivity index (χ3n) is 18.8. The highest BCUT2D eigenvalue weighted by Gasteiger charge is 2.37. The Hall–Kier alpha value is -5.78. The molecular formula is C78H114N10O16S4. The van der Waals surface area contributed by atoms with Gasteiger partial charge in [0.25, 0.3) is 11.8 Å². The molecule has 0 spiro atoms. The summed E-state index contributed by atoms with van der Waals surface area (Å²) in [4.78, 5) is 59.4. The number of aliphatic hydroxyl groups is 2. The molecule has 2 amide bonds. The first kappa shape index (κ1) is 86.2. The number of allylic oxidation sites excluding steroid dienone is 2. The van der Waals surface area contributed by atoms with Crippen molar-refractivity contribution < 1.29 is 76.6 Å². The van der Waals surface area contributed by atoms with Gasteiger partial charge in [-0.2, -0.15) is 0 Å². The van der Waals surface area contributed by atoms with Crippen molar-refractivity contribution in [1.82, 2.24) is 39.4 Å². The van der Waals surface area contributed by atoms with Crippen LogP contribution in [-0.4, -0.2) is 306 Å². The highest BCUT2D eigenvalue weighted by molar-refractivity contribution is 8.77. The molecule has 30 heteroatoms. The van der Waals surface area contributed by atoms with Gasteiger partial charge in [0, 0.05) is 150 Å². The molecule has 0 bridgehead atoms. The third kappa shape index (κ3) is 27.3. The van der Waals surface area contributed by atoms with E-state index in [0.717, 1.165) is 118 Å². The summed E-state index contributed by atoms with van der Waals surface area (Å²) in [5, 5.41) is 18.8. The number of carbonyl (C=O) groups excluding carboxylic acids is 2. The van der Waals surface area contributed by atoms with Crippen molar-refractivity contribution in [2.24, 2.45) is 9.98 Å². The average molecular weight is 1580 g/mol. The fourth-order valence-corrected chi connectivity index (χ4v) is 17.7. The SMILES string of the molecule is C/C=C1\C[C@H]2C=Nc3cc(OCc4cc(OCCN(CCOCCOCCN5CCOCC5)CC(C)(C)SSC)cc(COc5cc6c(cc5OC)C(=O)N5C/C(=C/C)C[C@H]5C=N6)n4)c(OC)cc3C(=O)N2C1.CSSC(C)(C)CN(CCOCCOCCN1CCOCC1)CCOc1cc(CO)nc(CO)c1. The number of carbonyl (C=O) groups is 2. The van der Waals surface area contributed by atoms with E-state index in [0.29, 0.717) is 159 Å². The molecule has 596 valence electrons. The van der Waals surface area contributed by atoms with Crippen LogP contribution in [0, 0.1) is 0 Å². The van der Waals surface area contributed by atoms with E-state index in [1.165, 1.54) is 11.1 Å². The molecule has 0 saturated carbocycles. The van der Waals surface area contributed by atoms with Gasteiger partial charge in [0.2, 0.25) is 0 Å². The van der Waals surface area contributed by atoms with Crippen LogP contribution in [-0.2, 0) is 54.8 Å². The topological polar surface area (TPSA) is 255 Å². The number of fused-ring (bicyclic) bond motifs is 4. The number of ether oxygens (including phenoxy) is 12. The zero-order valence-electron chi connectivity index (χ0n) is 64.8. The molecule has 2 N–H and O–H groups in total. The molecule has 26 nitrogen and oxygen atoms in total. The van der Waals surface area contributed by atoms with Gasteiger partial charge in [-0.3, -0.25) is 49.1 Å². The number of aliphatic imine (C=N–C) groups is 2. The lowest BCUT2D eigenvalue weighted by molar-refractivity contribution is 0.00542. The van der Waals surface area contributed by atoms with Gasteiger partial charge < -0.3 is 76.9 Å². The minimum Gasteiger partial charge on any atom is -0.493 e.